The fourth-order valence-electron chi connectivity index (χ4n) is 3.41. The van der Waals surface area contributed by atoms with Gasteiger partial charge in [-0.15, -0.1) is 0 Å². The number of carbonyl (C=O) groups excluding carboxylic acids is 1. The number of aromatic nitrogens is 1. The molecule has 0 spiro atoms. The SMILES string of the molecule is CCCNC(=O)c1cc(N2CCC(Cc3ccccc3)CC2)ccn1. The highest BCUT2D eigenvalue weighted by Crippen LogP contribution is 2.25. The van der Waals surface area contributed by atoms with Gasteiger partial charge in [-0.1, -0.05) is 37.3 Å². The minimum atomic E-state index is -0.0809. The van der Waals surface area contributed by atoms with E-state index in [1.807, 2.05) is 19.1 Å². The van der Waals surface area contributed by atoms with Gasteiger partial charge < -0.3 is 10.2 Å². The Kier molecular flexibility index (Phi) is 6.04. The Labute approximate surface area is 150 Å². The van der Waals surface area contributed by atoms with Gasteiger partial charge >= 0.3 is 0 Å². The molecule has 0 unspecified atom stereocenters. The van der Waals surface area contributed by atoms with E-state index in [9.17, 15) is 4.79 Å². The Bertz CT molecular complexity index is 679. The minimum Gasteiger partial charge on any atom is -0.371 e. The summed E-state index contributed by atoms with van der Waals surface area (Å²) in [4.78, 5) is 18.7. The standard InChI is InChI=1S/C21H27N3O/c1-2-11-23-21(25)20-16-19(8-12-22-20)24-13-9-18(10-14-24)15-17-6-4-3-5-7-17/h3-8,12,16,18H,2,9-11,13-15H2,1H3,(H,23,25). The third-order valence-corrected chi connectivity index (χ3v) is 4.86. The van der Waals surface area contributed by atoms with Crippen molar-refractivity contribution in [3.8, 4) is 0 Å². The molecule has 1 aliphatic rings. The summed E-state index contributed by atoms with van der Waals surface area (Å²) in [5.74, 6) is 0.662. The first-order valence-electron chi connectivity index (χ1n) is 9.29. The van der Waals surface area contributed by atoms with E-state index < -0.39 is 0 Å². The van der Waals surface area contributed by atoms with E-state index in [0.29, 0.717) is 12.2 Å². The van der Waals surface area contributed by atoms with Crippen LogP contribution in [0, 0.1) is 5.92 Å². The maximum absolute atomic E-state index is 12.1. The second kappa shape index (κ2) is 8.65. The third-order valence-electron chi connectivity index (χ3n) is 4.86. The predicted octanol–water partition coefficient (Wildman–Crippen LogP) is 3.68. The molecule has 132 valence electrons. The monoisotopic (exact) mass is 337 g/mol. The zero-order chi connectivity index (χ0) is 17.5. The fourth-order valence-corrected chi connectivity index (χ4v) is 3.41. The van der Waals surface area contributed by atoms with Gasteiger partial charge in [0.25, 0.3) is 5.91 Å². The van der Waals surface area contributed by atoms with Crippen LogP contribution >= 0.6 is 0 Å². The number of benzene rings is 1. The van der Waals surface area contributed by atoms with Crippen LogP contribution in [0.15, 0.2) is 48.7 Å². The van der Waals surface area contributed by atoms with Crippen LogP contribution in [-0.2, 0) is 6.42 Å². The van der Waals surface area contributed by atoms with Gasteiger partial charge in [0.15, 0.2) is 0 Å². The number of hydrogen-bond acceptors (Lipinski definition) is 3. The summed E-state index contributed by atoms with van der Waals surface area (Å²) in [7, 11) is 0. The van der Waals surface area contributed by atoms with Crippen molar-refractivity contribution in [1.29, 1.82) is 0 Å². The van der Waals surface area contributed by atoms with Gasteiger partial charge in [0.1, 0.15) is 5.69 Å². The summed E-state index contributed by atoms with van der Waals surface area (Å²) in [6, 6.07) is 14.7. The molecule has 4 nitrogen and oxygen atoms in total. The number of amides is 1. The number of carbonyl (C=O) groups is 1. The van der Waals surface area contributed by atoms with Crippen LogP contribution in [-0.4, -0.2) is 30.5 Å². The van der Waals surface area contributed by atoms with Crippen molar-refractivity contribution in [2.24, 2.45) is 5.92 Å². The Morgan fingerprint density at radius 1 is 1.20 bits per heavy atom. The average Bonchev–Trinajstić information content (AvgIpc) is 2.67. The molecule has 1 saturated heterocycles. The lowest BCUT2D eigenvalue weighted by molar-refractivity contribution is 0.0948. The number of rotatable bonds is 6. The average molecular weight is 337 g/mol. The summed E-state index contributed by atoms with van der Waals surface area (Å²) < 4.78 is 0. The summed E-state index contributed by atoms with van der Waals surface area (Å²) in [5, 5.41) is 2.89. The molecule has 4 heteroatoms. The molecule has 1 N–H and O–H groups in total. The van der Waals surface area contributed by atoms with E-state index >= 15 is 0 Å². The van der Waals surface area contributed by atoms with Gasteiger partial charge in [-0.05, 0) is 49.3 Å². The van der Waals surface area contributed by atoms with Gasteiger partial charge in [0.2, 0.25) is 0 Å². The predicted molar refractivity (Wildman–Crippen MR) is 102 cm³/mol. The quantitative estimate of drug-likeness (QED) is 0.874. The van der Waals surface area contributed by atoms with E-state index in [1.54, 1.807) is 6.20 Å². The van der Waals surface area contributed by atoms with Crippen LogP contribution in [0.1, 0.15) is 42.2 Å². The lowest BCUT2D eigenvalue weighted by Gasteiger charge is -2.33. The van der Waals surface area contributed by atoms with Crippen molar-refractivity contribution in [1.82, 2.24) is 10.3 Å². The van der Waals surface area contributed by atoms with Gasteiger partial charge in [0, 0.05) is 31.5 Å². The highest BCUT2D eigenvalue weighted by Gasteiger charge is 2.20. The van der Waals surface area contributed by atoms with Crippen molar-refractivity contribution in [2.45, 2.75) is 32.6 Å². The molecule has 3 rings (SSSR count). The number of nitrogens with one attached hydrogen (secondary N) is 1. The maximum atomic E-state index is 12.1. The van der Waals surface area contributed by atoms with Gasteiger partial charge in [-0.3, -0.25) is 9.78 Å². The second-order valence-electron chi connectivity index (χ2n) is 6.78. The Hall–Kier alpha value is -2.36. The molecule has 2 aromatic rings. The Balaban J connectivity index is 1.56. The van der Waals surface area contributed by atoms with Crippen molar-refractivity contribution in [3.05, 3.63) is 59.9 Å². The molecule has 1 fully saturated rings. The zero-order valence-electron chi connectivity index (χ0n) is 14.9. The molecular weight excluding hydrogens is 310 g/mol. The van der Waals surface area contributed by atoms with E-state index in [-0.39, 0.29) is 5.91 Å². The zero-order valence-corrected chi connectivity index (χ0v) is 14.9. The molecule has 2 heterocycles. The smallest absolute Gasteiger partial charge is 0.269 e. The number of hydrogen-bond donors (Lipinski definition) is 1. The Morgan fingerprint density at radius 3 is 2.68 bits per heavy atom. The molecule has 0 saturated carbocycles. The molecule has 0 bridgehead atoms. The van der Waals surface area contributed by atoms with Crippen molar-refractivity contribution >= 4 is 11.6 Å². The summed E-state index contributed by atoms with van der Waals surface area (Å²) in [6.45, 7) is 4.81. The molecule has 1 aromatic heterocycles. The topological polar surface area (TPSA) is 45.2 Å². The molecule has 0 radical (unpaired) electrons. The summed E-state index contributed by atoms with van der Waals surface area (Å²) >= 11 is 0. The molecule has 25 heavy (non-hydrogen) atoms. The van der Waals surface area contributed by atoms with Crippen molar-refractivity contribution in [2.75, 3.05) is 24.5 Å². The normalized spacial score (nSPS) is 15.2. The number of piperidine rings is 1. The summed E-state index contributed by atoms with van der Waals surface area (Å²) in [6.07, 6.45) is 6.21. The molecule has 0 aliphatic carbocycles. The lowest BCUT2D eigenvalue weighted by Crippen LogP contribution is -2.34. The first-order chi connectivity index (χ1) is 12.3. The summed E-state index contributed by atoms with van der Waals surface area (Å²) in [5.41, 5.74) is 3.05. The molecular formula is C21H27N3O. The van der Waals surface area contributed by atoms with E-state index in [4.69, 9.17) is 0 Å². The molecule has 0 atom stereocenters. The highest BCUT2D eigenvalue weighted by atomic mass is 16.1. The van der Waals surface area contributed by atoms with Crippen LogP contribution < -0.4 is 10.2 Å². The van der Waals surface area contributed by atoms with Gasteiger partial charge in [-0.2, -0.15) is 0 Å². The number of pyridine rings is 1. The fraction of sp³-hybridized carbons (Fsp3) is 0.429. The van der Waals surface area contributed by atoms with Crippen LogP contribution in [0.3, 0.4) is 0 Å². The van der Waals surface area contributed by atoms with E-state index in [0.717, 1.165) is 37.5 Å². The largest absolute Gasteiger partial charge is 0.371 e. The lowest BCUT2D eigenvalue weighted by atomic mass is 9.90. The molecule has 1 aliphatic heterocycles. The van der Waals surface area contributed by atoms with E-state index in [1.165, 1.54) is 18.4 Å². The van der Waals surface area contributed by atoms with Crippen molar-refractivity contribution < 1.29 is 4.79 Å². The minimum absolute atomic E-state index is 0.0809. The van der Waals surface area contributed by atoms with Crippen LogP contribution in [0.5, 0.6) is 0 Å². The third kappa shape index (κ3) is 4.81. The van der Waals surface area contributed by atoms with Crippen LogP contribution in [0.2, 0.25) is 0 Å². The number of nitrogens with zero attached hydrogens (tertiary/aromatic N) is 2. The van der Waals surface area contributed by atoms with E-state index in [2.05, 4.69) is 45.5 Å². The first kappa shape index (κ1) is 17.5. The second-order valence-corrected chi connectivity index (χ2v) is 6.78. The number of anilines is 1. The van der Waals surface area contributed by atoms with Crippen LogP contribution in [0.25, 0.3) is 0 Å². The van der Waals surface area contributed by atoms with Gasteiger partial charge in [-0.25, -0.2) is 0 Å². The van der Waals surface area contributed by atoms with Crippen LogP contribution in [0.4, 0.5) is 5.69 Å². The van der Waals surface area contributed by atoms with Crippen molar-refractivity contribution in [3.63, 3.8) is 0 Å². The molecule has 1 amide bonds. The molecule has 1 aromatic carbocycles. The highest BCUT2D eigenvalue weighted by molar-refractivity contribution is 5.93. The maximum Gasteiger partial charge on any atom is 0.269 e. The Morgan fingerprint density at radius 2 is 1.96 bits per heavy atom. The van der Waals surface area contributed by atoms with Gasteiger partial charge in [0.05, 0.1) is 0 Å². The first-order valence-corrected chi connectivity index (χ1v) is 9.29.